The van der Waals surface area contributed by atoms with Crippen LogP contribution in [0.25, 0.3) is 43.8 Å². The normalized spacial score (nSPS) is 10.8. The molecule has 0 spiro atoms. The molecule has 0 aliphatic heterocycles. The number of hydrogen-bond donors (Lipinski definition) is 0. The third kappa shape index (κ3) is 9.90. The van der Waals surface area contributed by atoms with E-state index in [1.54, 1.807) is 0 Å². The molecular formula is C42H48Cl2SiZr. The van der Waals surface area contributed by atoms with Crippen molar-refractivity contribution in [2.75, 3.05) is 0 Å². The zero-order chi connectivity index (χ0) is 34.0. The van der Waals surface area contributed by atoms with Crippen molar-refractivity contribution in [2.24, 2.45) is 0 Å². The zero-order valence-corrected chi connectivity index (χ0v) is 34.1. The Balaban J connectivity index is 0.000000217. The van der Waals surface area contributed by atoms with Crippen LogP contribution in [0.1, 0.15) is 68.4 Å². The Morgan fingerprint density at radius 2 is 1.30 bits per heavy atom. The molecule has 0 nitrogen and oxygen atoms in total. The van der Waals surface area contributed by atoms with Crippen molar-refractivity contribution in [2.45, 2.75) is 79.8 Å². The van der Waals surface area contributed by atoms with Crippen molar-refractivity contribution in [1.82, 2.24) is 0 Å². The molecule has 6 aromatic carbocycles. The first-order valence-electron chi connectivity index (χ1n) is 15.9. The second-order valence-corrected chi connectivity index (χ2v) is 18.0. The van der Waals surface area contributed by atoms with Gasteiger partial charge in [0.15, 0.2) is 0 Å². The molecular weight excluding hydrogens is 695 g/mol. The monoisotopic (exact) mass is 740 g/mol. The van der Waals surface area contributed by atoms with Crippen LogP contribution in [0.3, 0.4) is 0 Å². The van der Waals surface area contributed by atoms with Gasteiger partial charge in [0.1, 0.15) is 0 Å². The van der Waals surface area contributed by atoms with Gasteiger partial charge in [-0.2, -0.15) is 12.1 Å². The summed E-state index contributed by atoms with van der Waals surface area (Å²) in [5.74, 6) is 0.584. The van der Waals surface area contributed by atoms with Crippen molar-refractivity contribution in [1.29, 1.82) is 0 Å². The Kier molecular flexibility index (Phi) is 14.8. The van der Waals surface area contributed by atoms with Crippen LogP contribution in [0.2, 0.25) is 13.1 Å². The minimum absolute atomic E-state index is 0.201. The summed E-state index contributed by atoms with van der Waals surface area (Å²) in [6, 6.07) is 37.9. The Morgan fingerprint density at radius 1 is 0.696 bits per heavy atom. The molecule has 0 aliphatic carbocycles. The second-order valence-electron chi connectivity index (χ2n) is 13.3. The van der Waals surface area contributed by atoms with Crippen molar-refractivity contribution >= 4 is 48.1 Å². The molecule has 0 N–H and O–H groups in total. The third-order valence-corrected chi connectivity index (χ3v) is 8.12. The van der Waals surface area contributed by atoms with Crippen LogP contribution >= 0.6 is 17.0 Å². The molecule has 0 saturated carbocycles. The summed E-state index contributed by atoms with van der Waals surface area (Å²) in [6.45, 7) is 22.2. The van der Waals surface area contributed by atoms with Crippen LogP contribution in [0, 0.1) is 20.8 Å². The standard InChI is InChI=1S/C22H25.C18H17.C2H6Si.2ClH.Zr/c1-14-11-19-15(2)13-16(3)21(20(19)12-14)17-7-9-18(10-8-17)22(4,5)6;1-13(2)16-11-15-9-6-10-17(18(15)12-16)14-7-4-3-5-8-14;1-3-2;;;/h7-13H,1-6H3;3-13H,1-2H3;1-2H3;2*1H;/q2*-1;;;;+4/p-2. The van der Waals surface area contributed by atoms with E-state index in [-0.39, 0.29) is 5.41 Å². The number of fused-ring (bicyclic) bond motifs is 2. The summed E-state index contributed by atoms with van der Waals surface area (Å²) < 4.78 is 0. The molecule has 0 atom stereocenters. The first-order chi connectivity index (χ1) is 21.9. The summed E-state index contributed by atoms with van der Waals surface area (Å²) in [5.41, 5.74) is 12.4. The third-order valence-electron chi connectivity index (χ3n) is 8.12. The zero-order valence-electron chi connectivity index (χ0n) is 29.1. The molecule has 0 amide bonds. The van der Waals surface area contributed by atoms with Crippen LogP contribution in [0.4, 0.5) is 0 Å². The van der Waals surface area contributed by atoms with Crippen LogP contribution in [0.5, 0.6) is 0 Å². The van der Waals surface area contributed by atoms with E-state index in [0.717, 1.165) is 9.52 Å². The Hall–Kier alpha value is -2.22. The summed E-state index contributed by atoms with van der Waals surface area (Å²) in [7, 11) is 11.0. The van der Waals surface area contributed by atoms with Crippen molar-refractivity contribution in [3.63, 3.8) is 0 Å². The summed E-state index contributed by atoms with van der Waals surface area (Å²) in [4.78, 5) is 0. The number of halogens is 2. The van der Waals surface area contributed by atoms with Crippen LogP contribution in [-0.2, 0) is 26.3 Å². The molecule has 46 heavy (non-hydrogen) atoms. The molecule has 238 valence electrons. The SMILES string of the molecule is CC(C)c1cc2c(-c3ccccc3)cccc2[cH-]1.C[Si]C.Cc1cc2c(-c3ccc(C(C)(C)C)cc3)c(C)cc(C)c2[cH-]1.[Cl][Zr+2][Cl]. The Morgan fingerprint density at radius 3 is 1.87 bits per heavy atom. The predicted molar refractivity (Wildman–Crippen MR) is 206 cm³/mol. The van der Waals surface area contributed by atoms with Gasteiger partial charge in [-0.25, -0.2) is 0 Å². The quantitative estimate of drug-likeness (QED) is 0.125. The van der Waals surface area contributed by atoms with Crippen molar-refractivity contribution < 1.29 is 20.8 Å². The van der Waals surface area contributed by atoms with E-state index in [2.05, 4.69) is 172 Å². The number of aryl methyl sites for hydroxylation is 3. The first kappa shape index (κ1) is 38.2. The van der Waals surface area contributed by atoms with E-state index < -0.39 is 20.8 Å². The van der Waals surface area contributed by atoms with Crippen LogP contribution in [-0.4, -0.2) is 9.52 Å². The second kappa shape index (κ2) is 17.8. The fourth-order valence-corrected chi connectivity index (χ4v) is 5.85. The van der Waals surface area contributed by atoms with Gasteiger partial charge in [-0.3, -0.25) is 0 Å². The average Bonchev–Trinajstić information content (AvgIpc) is 3.63. The van der Waals surface area contributed by atoms with Gasteiger partial charge in [0.05, 0.1) is 0 Å². The van der Waals surface area contributed by atoms with Gasteiger partial charge >= 0.3 is 37.9 Å². The Bertz CT molecular complexity index is 1800. The van der Waals surface area contributed by atoms with Gasteiger partial charge in [0.25, 0.3) is 0 Å². The maximum absolute atomic E-state index is 4.93. The van der Waals surface area contributed by atoms with Crippen LogP contribution < -0.4 is 0 Å². The van der Waals surface area contributed by atoms with Gasteiger partial charge in [-0.1, -0.05) is 145 Å². The molecule has 6 rings (SSSR count). The van der Waals surface area contributed by atoms with Crippen LogP contribution in [0.15, 0.2) is 103 Å². The maximum atomic E-state index is 4.93. The molecule has 2 radical (unpaired) electrons. The summed E-state index contributed by atoms with van der Waals surface area (Å²) >= 11 is -0.826. The average molecular weight is 743 g/mol. The summed E-state index contributed by atoms with van der Waals surface area (Å²) in [5, 5.41) is 5.49. The molecule has 4 heteroatoms. The van der Waals surface area contributed by atoms with Gasteiger partial charge in [0.2, 0.25) is 0 Å². The van der Waals surface area contributed by atoms with Gasteiger partial charge < -0.3 is 0 Å². The summed E-state index contributed by atoms with van der Waals surface area (Å²) in [6.07, 6.45) is 0. The molecule has 0 fully saturated rings. The first-order valence-corrected chi connectivity index (χ1v) is 24.3. The van der Waals surface area contributed by atoms with E-state index in [1.165, 1.54) is 71.6 Å². The molecule has 0 aromatic heterocycles. The van der Waals surface area contributed by atoms with E-state index in [1.807, 2.05) is 0 Å². The van der Waals surface area contributed by atoms with E-state index in [0.29, 0.717) is 5.92 Å². The van der Waals surface area contributed by atoms with E-state index in [4.69, 9.17) is 17.0 Å². The molecule has 0 heterocycles. The molecule has 0 aliphatic rings. The van der Waals surface area contributed by atoms with E-state index in [9.17, 15) is 0 Å². The van der Waals surface area contributed by atoms with Crippen molar-refractivity contribution in [3.8, 4) is 22.3 Å². The number of hydrogen-bond acceptors (Lipinski definition) is 0. The van der Waals surface area contributed by atoms with E-state index >= 15 is 0 Å². The van der Waals surface area contributed by atoms with Gasteiger partial charge in [-0.05, 0) is 34.9 Å². The fraction of sp³-hybridized carbons (Fsp3) is 0.286. The topological polar surface area (TPSA) is 0 Å². The molecule has 0 bridgehead atoms. The number of rotatable bonds is 3. The van der Waals surface area contributed by atoms with Crippen molar-refractivity contribution in [3.05, 3.63) is 131 Å². The molecule has 0 saturated heterocycles. The van der Waals surface area contributed by atoms with Gasteiger partial charge in [0, 0.05) is 9.52 Å². The molecule has 0 unspecified atom stereocenters. The van der Waals surface area contributed by atoms with Gasteiger partial charge in [-0.15, -0.1) is 62.5 Å². The fourth-order valence-electron chi connectivity index (χ4n) is 5.85. The number of benzene rings is 4. The predicted octanol–water partition coefficient (Wildman–Crippen LogP) is 14.0. The Labute approximate surface area is 299 Å². The minimum atomic E-state index is -0.826. The molecule has 6 aromatic rings.